The molecule has 3 heterocycles. The molecule has 2 N–H and O–H groups in total. The van der Waals surface area contributed by atoms with Gasteiger partial charge in [-0.05, 0) is 74.0 Å². The van der Waals surface area contributed by atoms with Gasteiger partial charge in [-0.25, -0.2) is 4.79 Å². The lowest BCUT2D eigenvalue weighted by Crippen LogP contribution is -2.59. The number of aliphatic hydroxyl groups excluding tert-OH is 1. The Bertz CT molecular complexity index is 1630. The summed E-state index contributed by atoms with van der Waals surface area (Å²) in [5.41, 5.74) is 0.396. The number of hydrogen-bond donors (Lipinski definition) is 2. The van der Waals surface area contributed by atoms with Crippen molar-refractivity contribution in [2.24, 2.45) is 28.2 Å². The highest BCUT2D eigenvalue weighted by molar-refractivity contribution is 8.14. The lowest BCUT2D eigenvalue weighted by Gasteiger charge is -2.39. The van der Waals surface area contributed by atoms with Gasteiger partial charge in [0.15, 0.2) is 0 Å². The van der Waals surface area contributed by atoms with Crippen LogP contribution in [-0.4, -0.2) is 130 Å². The average molecular weight is 828 g/mol. The van der Waals surface area contributed by atoms with E-state index in [1.165, 1.54) is 9.80 Å². The van der Waals surface area contributed by atoms with Gasteiger partial charge in [0.2, 0.25) is 23.6 Å². The smallest absolute Gasteiger partial charge is 0.329 e. The first kappa shape index (κ1) is 47.0. The number of rotatable bonds is 5. The number of aliphatic imine (C=N–C) groups is 1. The van der Waals surface area contributed by atoms with E-state index in [1.807, 2.05) is 53.7 Å². The quantitative estimate of drug-likeness (QED) is 0.385. The zero-order valence-electron chi connectivity index (χ0n) is 36.7. The van der Waals surface area contributed by atoms with Crippen molar-refractivity contribution in [3.63, 3.8) is 0 Å². The topological polar surface area (TPSA) is 158 Å². The first-order valence-corrected chi connectivity index (χ1v) is 22.1. The van der Waals surface area contributed by atoms with E-state index in [1.54, 1.807) is 56.9 Å². The Morgan fingerprint density at radius 2 is 1.66 bits per heavy atom. The van der Waals surface area contributed by atoms with E-state index in [9.17, 15) is 29.1 Å². The van der Waals surface area contributed by atoms with Crippen molar-refractivity contribution in [3.8, 4) is 5.75 Å². The Labute approximate surface area is 350 Å². The Morgan fingerprint density at radius 3 is 2.28 bits per heavy atom. The normalized spacial score (nSPS) is 31.2. The molecule has 1 aromatic rings. The van der Waals surface area contributed by atoms with Crippen LogP contribution in [0.15, 0.2) is 29.3 Å². The van der Waals surface area contributed by atoms with Crippen molar-refractivity contribution in [1.82, 2.24) is 20.0 Å². The number of carbonyl (C=O) groups is 5. The predicted octanol–water partition coefficient (Wildman–Crippen LogP) is 5.11. The van der Waals surface area contributed by atoms with Gasteiger partial charge in [-0.3, -0.25) is 24.2 Å². The number of thioether (sulfide) groups is 1. The van der Waals surface area contributed by atoms with Gasteiger partial charge in [0.25, 0.3) is 0 Å². The van der Waals surface area contributed by atoms with Crippen LogP contribution in [0.4, 0.5) is 0 Å². The highest BCUT2D eigenvalue weighted by Gasteiger charge is 2.44. The van der Waals surface area contributed by atoms with Gasteiger partial charge in [-0.1, -0.05) is 67.0 Å². The van der Waals surface area contributed by atoms with Gasteiger partial charge in [-0.2, -0.15) is 0 Å². The van der Waals surface area contributed by atoms with Crippen molar-refractivity contribution in [3.05, 3.63) is 29.8 Å². The van der Waals surface area contributed by atoms with E-state index < -0.39 is 59.6 Å². The number of aliphatic hydroxyl groups is 1. The van der Waals surface area contributed by atoms with Crippen LogP contribution in [-0.2, 0) is 35.1 Å². The van der Waals surface area contributed by atoms with E-state index in [0.717, 1.165) is 10.6 Å². The molecule has 1 aromatic carbocycles. The first-order valence-electron chi connectivity index (χ1n) is 21.1. The number of fused-ring (bicyclic) bond motifs is 2. The molecule has 3 aliphatic heterocycles. The van der Waals surface area contributed by atoms with Crippen LogP contribution in [0.25, 0.3) is 0 Å². The van der Waals surface area contributed by atoms with Crippen molar-refractivity contribution in [2.45, 2.75) is 149 Å². The summed E-state index contributed by atoms with van der Waals surface area (Å²) in [5, 5.41) is 15.2. The standard InChI is InChI=1S/C44H69N5O8S/c1-12-27(3)38-42(54)49-21-13-14-34(49)43(55)57-36(44(6,7)8)23-26(2)22-35(50)28(4)39-45-31(25-58-39)17-20-37(51)46-33(24-30-15-18-32(56-11)19-16-30)41(53)47(9)29(5)40(52)48(38)10/h15-16,18-19,26-29,31,33-36,38,50H,12-14,17,20-25H2,1-11H3,(H,46,51)/t26-,27-,28-,29-,31-,33-,34-,35-,36-,38-/m0/s1. The molecule has 1 fully saturated rings. The molecular formula is C44H69N5O8S. The molecule has 2 bridgehead atoms. The van der Waals surface area contributed by atoms with Gasteiger partial charge in [0.1, 0.15) is 36.0 Å². The summed E-state index contributed by atoms with van der Waals surface area (Å²) in [6, 6.07) is 3.51. The van der Waals surface area contributed by atoms with Gasteiger partial charge in [-0.15, -0.1) is 11.8 Å². The summed E-state index contributed by atoms with van der Waals surface area (Å²) in [5.74, 6) is -1.06. The van der Waals surface area contributed by atoms with Crippen molar-refractivity contribution in [2.75, 3.05) is 33.5 Å². The molecule has 0 radical (unpaired) electrons. The molecule has 1 saturated heterocycles. The lowest BCUT2D eigenvalue weighted by atomic mass is 9.81. The lowest BCUT2D eigenvalue weighted by molar-refractivity contribution is -0.166. The van der Waals surface area contributed by atoms with E-state index >= 15 is 0 Å². The van der Waals surface area contributed by atoms with E-state index in [0.29, 0.717) is 56.6 Å². The largest absolute Gasteiger partial charge is 0.497 e. The Hall–Kier alpha value is -3.65. The van der Waals surface area contributed by atoms with Crippen molar-refractivity contribution in [1.29, 1.82) is 0 Å². The molecule has 0 saturated carbocycles. The van der Waals surface area contributed by atoms with E-state index in [-0.39, 0.29) is 48.5 Å². The summed E-state index contributed by atoms with van der Waals surface area (Å²) in [6.45, 7) is 16.0. The summed E-state index contributed by atoms with van der Waals surface area (Å²) in [4.78, 5) is 80.0. The minimum Gasteiger partial charge on any atom is -0.497 e. The monoisotopic (exact) mass is 827 g/mol. The number of amides is 4. The van der Waals surface area contributed by atoms with Gasteiger partial charge in [0.05, 0.1) is 24.3 Å². The van der Waals surface area contributed by atoms with Gasteiger partial charge < -0.3 is 34.6 Å². The van der Waals surface area contributed by atoms with Gasteiger partial charge >= 0.3 is 5.97 Å². The van der Waals surface area contributed by atoms with Crippen molar-refractivity contribution < 1.29 is 38.6 Å². The minimum atomic E-state index is -0.976. The van der Waals surface area contributed by atoms with Crippen LogP contribution < -0.4 is 10.1 Å². The summed E-state index contributed by atoms with van der Waals surface area (Å²) in [7, 11) is 4.70. The molecule has 324 valence electrons. The average Bonchev–Trinajstić information content (AvgIpc) is 3.88. The third-order valence-corrected chi connectivity index (χ3v) is 13.7. The van der Waals surface area contributed by atoms with Crippen LogP contribution in [0, 0.1) is 23.2 Å². The van der Waals surface area contributed by atoms with Gasteiger partial charge in [0, 0.05) is 45.2 Å². The zero-order valence-corrected chi connectivity index (χ0v) is 37.5. The fourth-order valence-corrected chi connectivity index (χ4v) is 9.38. The number of esters is 1. The maximum atomic E-state index is 14.6. The molecule has 58 heavy (non-hydrogen) atoms. The Kier molecular flexibility index (Phi) is 16.7. The highest BCUT2D eigenvalue weighted by Crippen LogP contribution is 2.34. The fourth-order valence-electron chi connectivity index (χ4n) is 8.13. The molecule has 0 aliphatic carbocycles. The van der Waals surface area contributed by atoms with Crippen LogP contribution in [0.2, 0.25) is 0 Å². The zero-order chi connectivity index (χ0) is 43.1. The molecule has 0 unspecified atom stereocenters. The van der Waals surface area contributed by atoms with Crippen molar-refractivity contribution >= 4 is 46.4 Å². The number of carbonyl (C=O) groups excluding carboxylic acids is 5. The SMILES string of the molecule is CC[C@H](C)[C@H]1C(=O)N2CCC[C@H]2C(=O)O[C@H](C(C)(C)C)C[C@@H](C)C[C@H](O)[C@H](C)C2=N[C@@H](CCC(=O)N[C@@H](Cc3ccc(OC)cc3)C(=O)N(C)[C@@H](C)C(=O)N1C)CS2. The number of ether oxygens (including phenoxy) is 2. The van der Waals surface area contributed by atoms with E-state index in [2.05, 4.69) is 12.2 Å². The molecule has 10 atom stereocenters. The maximum absolute atomic E-state index is 14.6. The third-order valence-electron chi connectivity index (χ3n) is 12.4. The summed E-state index contributed by atoms with van der Waals surface area (Å²) >= 11 is 1.60. The number of hydrogen-bond acceptors (Lipinski definition) is 10. The summed E-state index contributed by atoms with van der Waals surface area (Å²) < 4.78 is 11.6. The molecule has 3 aliphatic rings. The number of nitrogens with zero attached hydrogens (tertiary/aromatic N) is 4. The van der Waals surface area contributed by atoms with Crippen LogP contribution in [0.5, 0.6) is 5.75 Å². The molecule has 4 amide bonds. The Balaban J connectivity index is 1.69. The minimum absolute atomic E-state index is 0.0138. The van der Waals surface area contributed by atoms with E-state index in [4.69, 9.17) is 14.5 Å². The molecule has 0 aromatic heterocycles. The number of methoxy groups -OCH3 is 1. The molecular weight excluding hydrogens is 759 g/mol. The molecule has 14 heteroatoms. The number of nitrogens with one attached hydrogen (secondary N) is 1. The second kappa shape index (κ2) is 20.5. The second-order valence-electron chi connectivity index (χ2n) is 18.0. The van der Waals surface area contributed by atoms with Crippen LogP contribution >= 0.6 is 11.8 Å². The number of cyclic esters (lactones) is 1. The molecule has 0 spiro atoms. The molecule has 4 rings (SSSR count). The maximum Gasteiger partial charge on any atom is 0.329 e. The fraction of sp³-hybridized carbons (Fsp3) is 0.727. The molecule has 13 nitrogen and oxygen atoms in total. The van der Waals surface area contributed by atoms with Crippen LogP contribution in [0.3, 0.4) is 0 Å². The Morgan fingerprint density at radius 1 is 0.983 bits per heavy atom. The summed E-state index contributed by atoms with van der Waals surface area (Å²) in [6.07, 6.45) is 2.36. The highest BCUT2D eigenvalue weighted by atomic mass is 32.2. The van der Waals surface area contributed by atoms with Crippen LogP contribution in [0.1, 0.15) is 106 Å². The first-order chi connectivity index (χ1) is 27.3. The number of likely N-dealkylation sites (N-methyl/N-ethyl adjacent to an activating group) is 2. The number of benzene rings is 1. The predicted molar refractivity (Wildman–Crippen MR) is 227 cm³/mol. The third kappa shape index (κ3) is 11.8. The second-order valence-corrected chi connectivity index (χ2v) is 19.0.